The van der Waals surface area contributed by atoms with Crippen LogP contribution in [-0.2, 0) is 0 Å². The van der Waals surface area contributed by atoms with Gasteiger partial charge in [0.25, 0.3) is 0 Å². The van der Waals surface area contributed by atoms with E-state index >= 15 is 0 Å². The predicted molar refractivity (Wildman–Crippen MR) is 77.8 cm³/mol. The van der Waals surface area contributed by atoms with Crippen LogP contribution in [0.25, 0.3) is 0 Å². The van der Waals surface area contributed by atoms with E-state index in [9.17, 15) is 10.1 Å². The molecular formula is C13H20ClN3O2. The van der Waals surface area contributed by atoms with Gasteiger partial charge in [-0.3, -0.25) is 10.1 Å². The largest absolute Gasteiger partial charge is 0.364 e. The zero-order valence-electron chi connectivity index (χ0n) is 11.2. The number of unbranched alkanes of at least 4 members (excludes halogenated alkanes) is 5. The summed E-state index contributed by atoms with van der Waals surface area (Å²) < 4.78 is 0. The van der Waals surface area contributed by atoms with Crippen LogP contribution in [0.5, 0.6) is 0 Å². The fourth-order valence-electron chi connectivity index (χ4n) is 1.82. The molecule has 6 heteroatoms. The van der Waals surface area contributed by atoms with Crippen molar-refractivity contribution in [1.29, 1.82) is 0 Å². The lowest BCUT2D eigenvalue weighted by atomic mass is 10.1. The molecule has 1 N–H and O–H groups in total. The van der Waals surface area contributed by atoms with E-state index in [1.54, 1.807) is 0 Å². The third-order valence-corrected chi connectivity index (χ3v) is 3.06. The van der Waals surface area contributed by atoms with Gasteiger partial charge < -0.3 is 5.32 Å². The van der Waals surface area contributed by atoms with Crippen LogP contribution >= 0.6 is 11.6 Å². The van der Waals surface area contributed by atoms with E-state index in [2.05, 4.69) is 17.2 Å². The van der Waals surface area contributed by atoms with Gasteiger partial charge >= 0.3 is 5.69 Å². The Morgan fingerprint density at radius 1 is 1.32 bits per heavy atom. The van der Waals surface area contributed by atoms with Gasteiger partial charge in [0.05, 0.1) is 9.95 Å². The molecule has 0 aliphatic rings. The van der Waals surface area contributed by atoms with E-state index in [4.69, 9.17) is 11.6 Å². The van der Waals surface area contributed by atoms with Crippen molar-refractivity contribution in [3.63, 3.8) is 0 Å². The molecule has 0 spiro atoms. The van der Waals surface area contributed by atoms with Gasteiger partial charge in [-0.15, -0.1) is 0 Å². The van der Waals surface area contributed by atoms with Crippen LogP contribution in [0.3, 0.4) is 0 Å². The summed E-state index contributed by atoms with van der Waals surface area (Å²) in [6.45, 7) is 2.88. The monoisotopic (exact) mass is 285 g/mol. The third kappa shape index (κ3) is 5.87. The molecule has 1 rings (SSSR count). The highest BCUT2D eigenvalue weighted by atomic mass is 35.5. The van der Waals surface area contributed by atoms with E-state index in [1.807, 2.05) is 0 Å². The molecule has 5 nitrogen and oxygen atoms in total. The number of nitrogens with zero attached hydrogens (tertiary/aromatic N) is 2. The number of aromatic nitrogens is 1. The lowest BCUT2D eigenvalue weighted by Crippen LogP contribution is -2.06. The van der Waals surface area contributed by atoms with Crippen LogP contribution in [0, 0.1) is 10.1 Å². The molecule has 0 aliphatic heterocycles. The minimum Gasteiger partial charge on any atom is -0.364 e. The number of halogens is 1. The fourth-order valence-corrected chi connectivity index (χ4v) is 1.97. The van der Waals surface area contributed by atoms with Crippen molar-refractivity contribution in [2.75, 3.05) is 11.9 Å². The Balaban J connectivity index is 2.35. The van der Waals surface area contributed by atoms with Crippen molar-refractivity contribution in [3.05, 3.63) is 27.4 Å². The van der Waals surface area contributed by atoms with Crippen LogP contribution in [0.15, 0.2) is 12.3 Å². The van der Waals surface area contributed by atoms with Crippen LogP contribution in [0.1, 0.15) is 45.4 Å². The molecule has 0 saturated carbocycles. The molecule has 0 atom stereocenters. The Morgan fingerprint density at radius 2 is 2.00 bits per heavy atom. The SMILES string of the molecule is CCCCCCCCNc1ncc(Cl)cc1[N+](=O)[O-]. The van der Waals surface area contributed by atoms with Crippen molar-refractivity contribution in [2.45, 2.75) is 45.4 Å². The summed E-state index contributed by atoms with van der Waals surface area (Å²) in [4.78, 5) is 14.3. The first kappa shape index (κ1) is 15.7. The minimum absolute atomic E-state index is 0.0708. The average Bonchev–Trinajstić information content (AvgIpc) is 2.39. The molecule has 1 heterocycles. The van der Waals surface area contributed by atoms with Crippen molar-refractivity contribution >= 4 is 23.1 Å². The molecule has 0 radical (unpaired) electrons. The number of pyridine rings is 1. The van der Waals surface area contributed by atoms with Crippen molar-refractivity contribution in [1.82, 2.24) is 4.98 Å². The smallest absolute Gasteiger partial charge is 0.312 e. The van der Waals surface area contributed by atoms with Crippen molar-refractivity contribution < 1.29 is 4.92 Å². The lowest BCUT2D eigenvalue weighted by Gasteiger charge is -2.06. The van der Waals surface area contributed by atoms with Crippen LogP contribution in [0.2, 0.25) is 5.02 Å². The van der Waals surface area contributed by atoms with Gasteiger partial charge in [0.2, 0.25) is 5.82 Å². The Bertz CT molecular complexity index is 413. The highest BCUT2D eigenvalue weighted by Gasteiger charge is 2.15. The molecule has 106 valence electrons. The number of hydrogen-bond acceptors (Lipinski definition) is 4. The summed E-state index contributed by atoms with van der Waals surface area (Å²) in [7, 11) is 0. The van der Waals surface area contributed by atoms with E-state index < -0.39 is 4.92 Å². The van der Waals surface area contributed by atoms with Gasteiger partial charge in [-0.2, -0.15) is 0 Å². The number of anilines is 1. The Hall–Kier alpha value is -1.36. The maximum Gasteiger partial charge on any atom is 0.312 e. The zero-order valence-corrected chi connectivity index (χ0v) is 11.9. The summed E-state index contributed by atoms with van der Waals surface area (Å²) in [5.41, 5.74) is -0.0708. The topological polar surface area (TPSA) is 68.1 Å². The first-order valence-corrected chi connectivity index (χ1v) is 7.06. The van der Waals surface area contributed by atoms with Gasteiger partial charge in [-0.05, 0) is 6.42 Å². The lowest BCUT2D eigenvalue weighted by molar-refractivity contribution is -0.384. The second-order valence-electron chi connectivity index (χ2n) is 4.47. The molecule has 0 saturated heterocycles. The first-order valence-electron chi connectivity index (χ1n) is 6.69. The van der Waals surface area contributed by atoms with E-state index in [1.165, 1.54) is 37.9 Å². The number of hydrogen-bond donors (Lipinski definition) is 1. The normalized spacial score (nSPS) is 10.4. The second-order valence-corrected chi connectivity index (χ2v) is 4.91. The molecule has 19 heavy (non-hydrogen) atoms. The second kappa shape index (κ2) is 8.69. The average molecular weight is 286 g/mol. The summed E-state index contributed by atoms with van der Waals surface area (Å²) in [6.07, 6.45) is 8.52. The van der Waals surface area contributed by atoms with Crippen LogP contribution < -0.4 is 5.32 Å². The summed E-state index contributed by atoms with van der Waals surface area (Å²) in [6, 6.07) is 1.32. The number of nitro groups is 1. The van der Waals surface area contributed by atoms with Crippen LogP contribution in [0.4, 0.5) is 11.5 Å². The van der Waals surface area contributed by atoms with Gasteiger partial charge in [-0.25, -0.2) is 4.98 Å². The minimum atomic E-state index is -0.470. The standard InChI is InChI=1S/C13H20ClN3O2/c1-2-3-4-5-6-7-8-15-13-12(17(18)19)9-11(14)10-16-13/h9-10H,2-8H2,1H3,(H,15,16). The molecule has 0 aromatic carbocycles. The van der Waals surface area contributed by atoms with Crippen LogP contribution in [-0.4, -0.2) is 16.5 Å². The van der Waals surface area contributed by atoms with E-state index in [0.717, 1.165) is 12.8 Å². The van der Waals surface area contributed by atoms with E-state index in [0.29, 0.717) is 12.4 Å². The van der Waals surface area contributed by atoms with Gasteiger partial charge in [0.1, 0.15) is 0 Å². The number of nitrogens with one attached hydrogen (secondary N) is 1. The maximum atomic E-state index is 10.8. The maximum absolute atomic E-state index is 10.8. The van der Waals surface area contributed by atoms with Gasteiger partial charge in [0, 0.05) is 18.8 Å². The summed E-state index contributed by atoms with van der Waals surface area (Å²) in [5.74, 6) is 0.294. The van der Waals surface area contributed by atoms with Gasteiger partial charge in [-0.1, -0.05) is 50.6 Å². The first-order chi connectivity index (χ1) is 9.15. The quantitative estimate of drug-likeness (QED) is 0.414. The molecule has 0 fully saturated rings. The third-order valence-electron chi connectivity index (χ3n) is 2.85. The fraction of sp³-hybridized carbons (Fsp3) is 0.615. The summed E-state index contributed by atoms with van der Waals surface area (Å²) >= 11 is 5.70. The molecule has 1 aromatic rings. The predicted octanol–water partition coefficient (Wildman–Crippen LogP) is 4.42. The molecule has 1 aromatic heterocycles. The molecule has 0 aliphatic carbocycles. The number of rotatable bonds is 9. The highest BCUT2D eigenvalue weighted by molar-refractivity contribution is 6.30. The summed E-state index contributed by atoms with van der Waals surface area (Å²) in [5, 5.41) is 14.1. The van der Waals surface area contributed by atoms with Crippen molar-refractivity contribution in [3.8, 4) is 0 Å². The van der Waals surface area contributed by atoms with Gasteiger partial charge in [0.15, 0.2) is 0 Å². The molecule has 0 amide bonds. The molecular weight excluding hydrogens is 266 g/mol. The zero-order chi connectivity index (χ0) is 14.1. The molecule has 0 bridgehead atoms. The Kier molecular flexibility index (Phi) is 7.18. The molecule has 0 unspecified atom stereocenters. The Morgan fingerprint density at radius 3 is 2.68 bits per heavy atom. The van der Waals surface area contributed by atoms with Crippen molar-refractivity contribution in [2.24, 2.45) is 0 Å². The Labute approximate surface area is 118 Å². The highest BCUT2D eigenvalue weighted by Crippen LogP contribution is 2.24. The van der Waals surface area contributed by atoms with E-state index in [-0.39, 0.29) is 10.7 Å².